The number of hydrazone groups is 1. The first-order valence-corrected chi connectivity index (χ1v) is 13.4. The Hall–Kier alpha value is -4.35. The maximum absolute atomic E-state index is 12.7. The zero-order chi connectivity index (χ0) is 26.0. The first-order valence-electron chi connectivity index (χ1n) is 11.1. The number of benzene rings is 4. The Morgan fingerprint density at radius 2 is 1.65 bits per heavy atom. The van der Waals surface area contributed by atoms with Gasteiger partial charge in [-0.2, -0.15) is 5.10 Å². The third kappa shape index (κ3) is 5.27. The molecule has 1 heterocycles. The number of nitro benzene ring substituents is 1. The predicted octanol–water partition coefficient (Wildman–Crippen LogP) is 6.44. The van der Waals surface area contributed by atoms with Crippen LogP contribution in [0.1, 0.15) is 12.5 Å². The number of nitrogens with zero attached hydrogens (tertiary/aromatic N) is 2. The summed E-state index contributed by atoms with van der Waals surface area (Å²) in [6, 6.07) is 25.9. The van der Waals surface area contributed by atoms with Crippen LogP contribution in [0.4, 0.5) is 28.4 Å². The Morgan fingerprint density at radius 3 is 2.43 bits per heavy atom. The summed E-state index contributed by atoms with van der Waals surface area (Å²) in [5.41, 5.74) is 6.14. The van der Waals surface area contributed by atoms with Gasteiger partial charge in [0.2, 0.25) is 0 Å². The smallest absolute Gasteiger partial charge is 0.295 e. The topological polar surface area (TPSA) is 126 Å². The number of nitrogens with one attached hydrogen (secondary N) is 3. The number of sulfonamides is 1. The predicted molar refractivity (Wildman–Crippen MR) is 146 cm³/mol. The first kappa shape index (κ1) is 24.3. The summed E-state index contributed by atoms with van der Waals surface area (Å²) in [6.45, 7) is 1.78. The van der Waals surface area contributed by atoms with Gasteiger partial charge in [0.1, 0.15) is 5.69 Å². The summed E-state index contributed by atoms with van der Waals surface area (Å²) in [5.74, 6) is 0. The molecule has 37 heavy (non-hydrogen) atoms. The van der Waals surface area contributed by atoms with Gasteiger partial charge >= 0.3 is 0 Å². The fraction of sp³-hybridized carbons (Fsp3) is 0.0385. The molecule has 0 fully saturated rings. The Labute approximate surface area is 217 Å². The molecule has 0 spiro atoms. The van der Waals surface area contributed by atoms with Crippen LogP contribution in [0.25, 0.3) is 0 Å². The van der Waals surface area contributed by atoms with Crippen LogP contribution in [0.15, 0.2) is 111 Å². The van der Waals surface area contributed by atoms with Crippen molar-refractivity contribution in [2.24, 2.45) is 5.10 Å². The molecule has 5 rings (SSSR count). The molecule has 4 aromatic rings. The molecule has 0 radical (unpaired) electrons. The van der Waals surface area contributed by atoms with Crippen molar-refractivity contribution in [2.45, 2.75) is 21.6 Å². The van der Waals surface area contributed by atoms with Gasteiger partial charge in [0, 0.05) is 21.5 Å². The van der Waals surface area contributed by atoms with Gasteiger partial charge in [-0.3, -0.25) is 20.3 Å². The van der Waals surface area contributed by atoms with Crippen molar-refractivity contribution in [2.75, 3.05) is 15.5 Å². The van der Waals surface area contributed by atoms with Gasteiger partial charge in [-0.05, 0) is 61.0 Å². The summed E-state index contributed by atoms with van der Waals surface area (Å²) in [4.78, 5) is 13.1. The second kappa shape index (κ2) is 9.96. The van der Waals surface area contributed by atoms with Crippen molar-refractivity contribution in [3.8, 4) is 0 Å². The minimum Gasteiger partial charge on any atom is -0.354 e. The summed E-state index contributed by atoms with van der Waals surface area (Å²) >= 11 is 1.67. The number of hydrogen-bond acceptors (Lipinski definition) is 8. The molecule has 0 saturated carbocycles. The number of hydrogen-bond donors (Lipinski definition) is 3. The fourth-order valence-electron chi connectivity index (χ4n) is 3.72. The van der Waals surface area contributed by atoms with Crippen LogP contribution in [0, 0.1) is 10.1 Å². The van der Waals surface area contributed by atoms with Gasteiger partial charge in [0.15, 0.2) is 0 Å². The Kier molecular flexibility index (Phi) is 6.55. The zero-order valence-electron chi connectivity index (χ0n) is 19.5. The Bertz CT molecular complexity index is 1640. The maximum atomic E-state index is 12.7. The highest BCUT2D eigenvalue weighted by atomic mass is 32.2. The molecule has 0 unspecified atom stereocenters. The fourth-order valence-corrected chi connectivity index (χ4v) is 5.76. The van der Waals surface area contributed by atoms with Gasteiger partial charge in [-0.25, -0.2) is 8.42 Å². The van der Waals surface area contributed by atoms with E-state index in [1.807, 2.05) is 36.4 Å². The second-order valence-corrected chi connectivity index (χ2v) is 10.9. The normalized spacial score (nSPS) is 12.6. The molecule has 4 aromatic carbocycles. The average Bonchev–Trinajstić information content (AvgIpc) is 2.90. The number of para-hydroxylation sites is 2. The van der Waals surface area contributed by atoms with Crippen molar-refractivity contribution in [1.29, 1.82) is 0 Å². The molecule has 0 bridgehead atoms. The SMILES string of the molecule is CC(=NNc1ccc(S(=O)(=O)Nc2ccccc2)cc1[N+](=O)[O-])c1ccc2c(c1)Nc1ccccc1S2. The molecule has 9 nitrogen and oxygen atoms in total. The van der Waals surface area contributed by atoms with Crippen molar-refractivity contribution < 1.29 is 13.3 Å². The molecule has 1 aliphatic heterocycles. The van der Waals surface area contributed by atoms with E-state index in [0.717, 1.165) is 32.8 Å². The largest absolute Gasteiger partial charge is 0.354 e. The van der Waals surface area contributed by atoms with Crippen molar-refractivity contribution in [1.82, 2.24) is 0 Å². The van der Waals surface area contributed by atoms with Gasteiger partial charge in [-0.1, -0.05) is 48.2 Å². The molecule has 186 valence electrons. The third-order valence-corrected chi connectivity index (χ3v) is 8.15. The number of fused-ring (bicyclic) bond motifs is 2. The first-order chi connectivity index (χ1) is 17.8. The third-order valence-electron chi connectivity index (χ3n) is 5.62. The molecule has 1 aliphatic rings. The quantitative estimate of drug-likeness (QED) is 0.125. The molecule has 0 aromatic heterocycles. The van der Waals surface area contributed by atoms with Crippen LogP contribution in [-0.4, -0.2) is 19.1 Å². The minimum absolute atomic E-state index is 0.0728. The minimum atomic E-state index is -4.02. The van der Waals surface area contributed by atoms with Crippen LogP contribution >= 0.6 is 11.8 Å². The zero-order valence-corrected chi connectivity index (χ0v) is 21.1. The lowest BCUT2D eigenvalue weighted by molar-refractivity contribution is -0.384. The molecule has 11 heteroatoms. The number of rotatable bonds is 7. The van der Waals surface area contributed by atoms with E-state index in [1.165, 1.54) is 12.1 Å². The Morgan fingerprint density at radius 1 is 0.919 bits per heavy atom. The van der Waals surface area contributed by atoms with Crippen molar-refractivity contribution in [3.05, 3.63) is 107 Å². The van der Waals surface area contributed by atoms with Crippen LogP contribution in [0.5, 0.6) is 0 Å². The number of anilines is 4. The standard InChI is InChI=1S/C26H21N5O4S2/c1-17(18-11-14-26-23(15-18)27-22-9-5-6-10-25(22)36-26)28-29-21-13-12-20(16-24(21)31(32)33)37(34,35)30-19-7-3-2-4-8-19/h2-16,27,29-30H,1H3. The molecule has 3 N–H and O–H groups in total. The molecular weight excluding hydrogens is 510 g/mol. The lowest BCUT2D eigenvalue weighted by Crippen LogP contribution is -2.13. The number of nitro groups is 1. The monoisotopic (exact) mass is 531 g/mol. The molecule has 0 atom stereocenters. The van der Waals surface area contributed by atoms with E-state index in [4.69, 9.17) is 0 Å². The van der Waals surface area contributed by atoms with Crippen LogP contribution < -0.4 is 15.5 Å². The van der Waals surface area contributed by atoms with Gasteiger partial charge < -0.3 is 5.32 Å². The molecule has 0 saturated heterocycles. The van der Waals surface area contributed by atoms with Gasteiger partial charge in [-0.15, -0.1) is 0 Å². The van der Waals surface area contributed by atoms with E-state index >= 15 is 0 Å². The van der Waals surface area contributed by atoms with Gasteiger partial charge in [0.05, 0.1) is 26.9 Å². The van der Waals surface area contributed by atoms with Crippen molar-refractivity contribution >= 4 is 55.9 Å². The van der Waals surface area contributed by atoms with Crippen LogP contribution in [0.3, 0.4) is 0 Å². The van der Waals surface area contributed by atoms with E-state index < -0.39 is 20.6 Å². The second-order valence-electron chi connectivity index (χ2n) is 8.15. The van der Waals surface area contributed by atoms with E-state index in [2.05, 4.69) is 26.6 Å². The lowest BCUT2D eigenvalue weighted by atomic mass is 10.1. The maximum Gasteiger partial charge on any atom is 0.295 e. The lowest BCUT2D eigenvalue weighted by Gasteiger charge is -2.21. The highest BCUT2D eigenvalue weighted by molar-refractivity contribution is 7.99. The van der Waals surface area contributed by atoms with Crippen LogP contribution in [0.2, 0.25) is 0 Å². The van der Waals surface area contributed by atoms with E-state index in [-0.39, 0.29) is 10.6 Å². The highest BCUT2D eigenvalue weighted by Crippen LogP contribution is 2.44. The average molecular weight is 532 g/mol. The molecular formula is C26H21N5O4S2. The van der Waals surface area contributed by atoms with E-state index in [1.54, 1.807) is 49.0 Å². The summed E-state index contributed by atoms with van der Waals surface area (Å²) in [7, 11) is -4.02. The molecule has 0 amide bonds. The molecule has 0 aliphatic carbocycles. The summed E-state index contributed by atoms with van der Waals surface area (Å²) < 4.78 is 27.9. The van der Waals surface area contributed by atoms with E-state index in [0.29, 0.717) is 11.4 Å². The highest BCUT2D eigenvalue weighted by Gasteiger charge is 2.22. The summed E-state index contributed by atoms with van der Waals surface area (Å²) in [6.07, 6.45) is 0. The Balaban J connectivity index is 1.37. The van der Waals surface area contributed by atoms with E-state index in [9.17, 15) is 18.5 Å². The van der Waals surface area contributed by atoms with Crippen molar-refractivity contribution in [3.63, 3.8) is 0 Å². The van der Waals surface area contributed by atoms with Gasteiger partial charge in [0.25, 0.3) is 15.7 Å². The summed E-state index contributed by atoms with van der Waals surface area (Å²) in [5, 5.41) is 19.5. The van der Waals surface area contributed by atoms with Crippen LogP contribution in [-0.2, 0) is 10.0 Å².